The minimum Gasteiger partial charge on any atom is -0.384 e. The lowest BCUT2D eigenvalue weighted by atomic mass is 9.71. The number of hydrogen-bond acceptors (Lipinski definition) is 4. The van der Waals surface area contributed by atoms with Crippen LogP contribution in [-0.4, -0.2) is 52.6 Å². The van der Waals surface area contributed by atoms with Crippen LogP contribution in [0.2, 0.25) is 0 Å². The van der Waals surface area contributed by atoms with E-state index in [0.29, 0.717) is 19.7 Å². The van der Waals surface area contributed by atoms with Crippen molar-refractivity contribution in [2.24, 2.45) is 11.3 Å². The van der Waals surface area contributed by atoms with Crippen LogP contribution in [-0.2, 0) is 20.5 Å². The van der Waals surface area contributed by atoms with Crippen molar-refractivity contribution < 1.29 is 13.2 Å². The summed E-state index contributed by atoms with van der Waals surface area (Å²) >= 11 is 0. The van der Waals surface area contributed by atoms with Gasteiger partial charge in [0.2, 0.25) is 10.0 Å². The van der Waals surface area contributed by atoms with Crippen LogP contribution in [0, 0.1) is 25.2 Å². The number of nitrogens with zero attached hydrogens (tertiary/aromatic N) is 1. The van der Waals surface area contributed by atoms with Gasteiger partial charge in [0.15, 0.2) is 0 Å². The number of ether oxygens (including phenoxy) is 1. The third-order valence-electron chi connectivity index (χ3n) is 6.06. The average molecular weight is 403 g/mol. The van der Waals surface area contributed by atoms with Gasteiger partial charge in [-0.2, -0.15) is 0 Å². The van der Waals surface area contributed by atoms with Gasteiger partial charge in [0.25, 0.3) is 0 Å². The molecule has 2 fully saturated rings. The van der Waals surface area contributed by atoms with Crippen molar-refractivity contribution in [2.45, 2.75) is 32.4 Å². The van der Waals surface area contributed by atoms with E-state index in [1.165, 1.54) is 5.56 Å². The zero-order valence-corrected chi connectivity index (χ0v) is 17.6. The molecule has 1 unspecified atom stereocenters. The second-order valence-electron chi connectivity index (χ2n) is 7.73. The topological polar surface area (TPSA) is 58.6 Å². The zero-order valence-electron chi connectivity index (χ0n) is 16.0. The minimum atomic E-state index is -3.31. The Kier molecular flexibility index (Phi) is 7.13. The lowest BCUT2D eigenvalue weighted by Crippen LogP contribution is -2.43. The Labute approximate surface area is 164 Å². The fourth-order valence-corrected chi connectivity index (χ4v) is 5.96. The minimum absolute atomic E-state index is 0. The smallest absolute Gasteiger partial charge is 0.218 e. The molecule has 0 bridgehead atoms. The summed E-state index contributed by atoms with van der Waals surface area (Å²) < 4.78 is 33.2. The van der Waals surface area contributed by atoms with Crippen LogP contribution in [0.4, 0.5) is 0 Å². The molecule has 0 saturated carbocycles. The standard InChI is InChI=1S/C19H30N2O3S.ClH/c1-15-4-5-17(10-16(15)2)13-25(22,23)21-11-18(12-24-3)19(14-21)6-8-20-9-7-19;/h4-5,10,18,20H,6-9,11-14H2,1-3H3;1H. The summed E-state index contributed by atoms with van der Waals surface area (Å²) in [6.07, 6.45) is 2.05. The number of hydrogen-bond donors (Lipinski definition) is 1. The van der Waals surface area contributed by atoms with Gasteiger partial charge >= 0.3 is 0 Å². The maximum atomic E-state index is 13.0. The van der Waals surface area contributed by atoms with Gasteiger partial charge in [0, 0.05) is 26.1 Å². The first-order valence-corrected chi connectivity index (χ1v) is 10.7. The second kappa shape index (κ2) is 8.57. The van der Waals surface area contributed by atoms with E-state index in [2.05, 4.69) is 5.32 Å². The number of rotatable bonds is 5. The summed E-state index contributed by atoms with van der Waals surface area (Å²) in [5, 5.41) is 3.39. The number of sulfonamides is 1. The van der Waals surface area contributed by atoms with Crippen molar-refractivity contribution in [2.75, 3.05) is 39.9 Å². The van der Waals surface area contributed by atoms with Crippen LogP contribution in [0.15, 0.2) is 18.2 Å². The van der Waals surface area contributed by atoms with E-state index in [0.717, 1.165) is 37.1 Å². The van der Waals surface area contributed by atoms with E-state index in [9.17, 15) is 8.42 Å². The molecule has 2 saturated heterocycles. The van der Waals surface area contributed by atoms with E-state index < -0.39 is 10.0 Å². The maximum Gasteiger partial charge on any atom is 0.218 e. The summed E-state index contributed by atoms with van der Waals surface area (Å²) in [4.78, 5) is 0. The molecule has 1 aromatic carbocycles. The quantitative estimate of drug-likeness (QED) is 0.822. The Bertz CT molecular complexity index is 717. The normalized spacial score (nSPS) is 23.1. The number of aryl methyl sites for hydroxylation is 2. The van der Waals surface area contributed by atoms with Crippen molar-refractivity contribution >= 4 is 22.4 Å². The Hall–Kier alpha value is -0.660. The molecule has 1 N–H and O–H groups in total. The number of halogens is 1. The second-order valence-corrected chi connectivity index (χ2v) is 9.70. The van der Waals surface area contributed by atoms with Gasteiger partial charge in [-0.1, -0.05) is 18.2 Å². The first kappa shape index (κ1) is 21.6. The predicted molar refractivity (Wildman–Crippen MR) is 107 cm³/mol. The molecule has 26 heavy (non-hydrogen) atoms. The number of nitrogens with one attached hydrogen (secondary N) is 1. The van der Waals surface area contributed by atoms with Crippen LogP contribution in [0.25, 0.3) is 0 Å². The van der Waals surface area contributed by atoms with Gasteiger partial charge in [0.1, 0.15) is 0 Å². The Morgan fingerprint density at radius 3 is 2.54 bits per heavy atom. The molecule has 0 radical (unpaired) electrons. The molecule has 148 valence electrons. The molecule has 1 aromatic rings. The van der Waals surface area contributed by atoms with Crippen molar-refractivity contribution in [3.05, 3.63) is 34.9 Å². The summed E-state index contributed by atoms with van der Waals surface area (Å²) in [5.74, 6) is 0.372. The highest BCUT2D eigenvalue weighted by molar-refractivity contribution is 7.88. The molecule has 7 heteroatoms. The van der Waals surface area contributed by atoms with Gasteiger partial charge < -0.3 is 10.1 Å². The van der Waals surface area contributed by atoms with Crippen LogP contribution in [0.5, 0.6) is 0 Å². The summed E-state index contributed by atoms with van der Waals surface area (Å²) in [6.45, 7) is 7.85. The maximum absolute atomic E-state index is 13.0. The van der Waals surface area contributed by atoms with Gasteiger partial charge in [-0.05, 0) is 61.9 Å². The Morgan fingerprint density at radius 1 is 1.23 bits per heavy atom. The van der Waals surface area contributed by atoms with E-state index >= 15 is 0 Å². The Morgan fingerprint density at radius 2 is 1.92 bits per heavy atom. The van der Waals surface area contributed by atoms with Crippen LogP contribution in [0.3, 0.4) is 0 Å². The molecule has 3 rings (SSSR count). The molecule has 0 aromatic heterocycles. The highest BCUT2D eigenvalue weighted by atomic mass is 35.5. The van der Waals surface area contributed by atoms with Crippen LogP contribution >= 0.6 is 12.4 Å². The summed E-state index contributed by atoms with van der Waals surface area (Å²) in [5.41, 5.74) is 3.27. The van der Waals surface area contributed by atoms with Crippen molar-refractivity contribution in [1.82, 2.24) is 9.62 Å². The Balaban J connectivity index is 0.00000243. The average Bonchev–Trinajstić information content (AvgIpc) is 2.91. The van der Waals surface area contributed by atoms with Gasteiger partial charge in [-0.15, -0.1) is 12.4 Å². The molecular formula is C19H31ClN2O3S. The first-order chi connectivity index (χ1) is 11.9. The van der Waals surface area contributed by atoms with Gasteiger partial charge in [-0.25, -0.2) is 12.7 Å². The fourth-order valence-electron chi connectivity index (χ4n) is 4.31. The van der Waals surface area contributed by atoms with E-state index in [-0.39, 0.29) is 29.5 Å². The van der Waals surface area contributed by atoms with Crippen molar-refractivity contribution in [1.29, 1.82) is 0 Å². The molecule has 0 aliphatic carbocycles. The molecule has 0 amide bonds. The van der Waals surface area contributed by atoms with E-state index in [4.69, 9.17) is 4.74 Å². The van der Waals surface area contributed by atoms with Crippen molar-refractivity contribution in [3.63, 3.8) is 0 Å². The first-order valence-electron chi connectivity index (χ1n) is 9.10. The molecule has 1 atom stereocenters. The van der Waals surface area contributed by atoms with E-state index in [1.807, 2.05) is 32.0 Å². The third-order valence-corrected chi connectivity index (χ3v) is 7.83. The van der Waals surface area contributed by atoms with Crippen LogP contribution < -0.4 is 5.32 Å². The lowest BCUT2D eigenvalue weighted by molar-refractivity contribution is 0.0718. The van der Waals surface area contributed by atoms with Gasteiger partial charge in [0.05, 0.1) is 12.4 Å². The molecule has 1 spiro atoms. The fraction of sp³-hybridized carbons (Fsp3) is 0.684. The predicted octanol–water partition coefficient (Wildman–Crippen LogP) is 2.50. The summed E-state index contributed by atoms with van der Waals surface area (Å²) in [6, 6.07) is 5.94. The largest absolute Gasteiger partial charge is 0.384 e. The highest BCUT2D eigenvalue weighted by Gasteiger charge is 2.49. The van der Waals surface area contributed by atoms with E-state index in [1.54, 1.807) is 11.4 Å². The lowest BCUT2D eigenvalue weighted by Gasteiger charge is -2.38. The van der Waals surface area contributed by atoms with Crippen LogP contribution in [0.1, 0.15) is 29.5 Å². The molecule has 2 aliphatic rings. The van der Waals surface area contributed by atoms with Gasteiger partial charge in [-0.3, -0.25) is 0 Å². The summed E-state index contributed by atoms with van der Waals surface area (Å²) in [7, 11) is -1.60. The number of methoxy groups -OCH3 is 1. The monoisotopic (exact) mass is 402 g/mol. The van der Waals surface area contributed by atoms with Crippen molar-refractivity contribution in [3.8, 4) is 0 Å². The zero-order chi connectivity index (χ0) is 18.1. The molecule has 2 aliphatic heterocycles. The SMILES string of the molecule is COCC1CN(S(=O)(=O)Cc2ccc(C)c(C)c2)CC12CCNCC2.Cl. The molecular weight excluding hydrogens is 372 g/mol. The third kappa shape index (κ3) is 4.42. The number of benzene rings is 1. The number of piperidine rings is 1. The molecule has 5 nitrogen and oxygen atoms in total. The highest BCUT2D eigenvalue weighted by Crippen LogP contribution is 2.44. The molecule has 2 heterocycles.